The molecule has 1 aliphatic rings. The van der Waals surface area contributed by atoms with Crippen LogP contribution in [0.2, 0.25) is 10.0 Å². The Kier molecular flexibility index (Phi) is 6.29. The Balaban J connectivity index is 1.77. The second kappa shape index (κ2) is 8.30. The Bertz CT molecular complexity index is 897. The van der Waals surface area contributed by atoms with E-state index in [-0.39, 0.29) is 11.8 Å². The molecule has 2 aromatic rings. The summed E-state index contributed by atoms with van der Waals surface area (Å²) in [5.41, 5.74) is 4.41. The molecule has 0 saturated carbocycles. The zero-order valence-corrected chi connectivity index (χ0v) is 17.1. The van der Waals surface area contributed by atoms with Crippen LogP contribution in [0.3, 0.4) is 0 Å². The van der Waals surface area contributed by atoms with E-state index >= 15 is 0 Å². The lowest BCUT2D eigenvalue weighted by atomic mass is 9.89. The zero-order valence-electron chi connectivity index (χ0n) is 14.8. The van der Waals surface area contributed by atoms with E-state index in [4.69, 9.17) is 23.2 Å². The van der Waals surface area contributed by atoms with Crippen molar-refractivity contribution in [2.75, 3.05) is 0 Å². The molecule has 0 radical (unpaired) electrons. The SMILES string of the molecule is CC[C@H](NS(=O)(=O)Cc1ccc(Cl)c(Cl)c1)c1ccc2c(c1)CCCC2. The maximum absolute atomic E-state index is 12.6. The summed E-state index contributed by atoms with van der Waals surface area (Å²) in [7, 11) is -3.50. The first kappa shape index (κ1) is 19.7. The summed E-state index contributed by atoms with van der Waals surface area (Å²) in [4.78, 5) is 0. The van der Waals surface area contributed by atoms with Crippen LogP contribution in [-0.4, -0.2) is 8.42 Å². The first-order valence-corrected chi connectivity index (χ1v) is 11.3. The summed E-state index contributed by atoms with van der Waals surface area (Å²) in [6.45, 7) is 1.99. The highest BCUT2D eigenvalue weighted by Crippen LogP contribution is 2.27. The molecule has 26 heavy (non-hydrogen) atoms. The molecule has 140 valence electrons. The molecule has 0 aliphatic heterocycles. The second-order valence-electron chi connectivity index (χ2n) is 6.82. The Hall–Kier alpha value is -1.07. The van der Waals surface area contributed by atoms with E-state index in [1.54, 1.807) is 18.2 Å². The third-order valence-corrected chi connectivity index (χ3v) is 6.94. The minimum absolute atomic E-state index is 0.120. The summed E-state index contributed by atoms with van der Waals surface area (Å²) >= 11 is 11.9. The number of halogens is 2. The van der Waals surface area contributed by atoms with E-state index in [0.717, 1.165) is 18.4 Å². The minimum atomic E-state index is -3.50. The molecular weight excluding hydrogens is 389 g/mol. The van der Waals surface area contributed by atoms with Gasteiger partial charge in [-0.2, -0.15) is 0 Å². The molecule has 0 unspecified atom stereocenters. The van der Waals surface area contributed by atoms with Crippen LogP contribution in [0, 0.1) is 0 Å². The summed E-state index contributed by atoms with van der Waals surface area (Å²) in [6, 6.07) is 11.1. The molecule has 0 fully saturated rings. The van der Waals surface area contributed by atoms with Gasteiger partial charge in [0.2, 0.25) is 10.0 Å². The number of benzene rings is 2. The van der Waals surface area contributed by atoms with Gasteiger partial charge in [-0.25, -0.2) is 13.1 Å². The van der Waals surface area contributed by atoms with Crippen LogP contribution in [0.5, 0.6) is 0 Å². The first-order chi connectivity index (χ1) is 12.4. The summed E-state index contributed by atoms with van der Waals surface area (Å²) < 4.78 is 28.1. The van der Waals surface area contributed by atoms with Gasteiger partial charge in [-0.05, 0) is 66.5 Å². The number of rotatable bonds is 6. The molecule has 0 spiro atoms. The molecule has 2 aromatic carbocycles. The van der Waals surface area contributed by atoms with Crippen molar-refractivity contribution >= 4 is 33.2 Å². The number of hydrogen-bond donors (Lipinski definition) is 1. The fraction of sp³-hybridized carbons (Fsp3) is 0.400. The van der Waals surface area contributed by atoms with E-state index in [2.05, 4.69) is 22.9 Å². The lowest BCUT2D eigenvalue weighted by Gasteiger charge is -2.21. The molecule has 6 heteroatoms. The molecule has 1 aliphatic carbocycles. The van der Waals surface area contributed by atoms with Crippen molar-refractivity contribution in [1.29, 1.82) is 0 Å². The smallest absolute Gasteiger partial charge is 0.212 e. The summed E-state index contributed by atoms with van der Waals surface area (Å²) in [5, 5.41) is 0.780. The van der Waals surface area contributed by atoms with Crippen LogP contribution < -0.4 is 4.72 Å². The van der Waals surface area contributed by atoms with Gasteiger partial charge in [0.05, 0.1) is 15.8 Å². The number of nitrogens with one attached hydrogen (secondary N) is 1. The Morgan fingerprint density at radius 3 is 2.42 bits per heavy atom. The number of hydrogen-bond acceptors (Lipinski definition) is 2. The van der Waals surface area contributed by atoms with Crippen LogP contribution in [-0.2, 0) is 28.6 Å². The van der Waals surface area contributed by atoms with Gasteiger partial charge in [0.15, 0.2) is 0 Å². The topological polar surface area (TPSA) is 46.2 Å². The average Bonchev–Trinajstić information content (AvgIpc) is 2.62. The molecule has 3 rings (SSSR count). The molecule has 0 amide bonds. The third kappa shape index (κ3) is 4.80. The Morgan fingerprint density at radius 2 is 1.73 bits per heavy atom. The van der Waals surface area contributed by atoms with Gasteiger partial charge in [-0.3, -0.25) is 0 Å². The van der Waals surface area contributed by atoms with Crippen molar-refractivity contribution in [2.45, 2.75) is 50.8 Å². The van der Waals surface area contributed by atoms with Gasteiger partial charge in [-0.1, -0.05) is 54.4 Å². The van der Waals surface area contributed by atoms with Gasteiger partial charge in [0.25, 0.3) is 0 Å². The molecule has 1 atom stereocenters. The van der Waals surface area contributed by atoms with E-state index < -0.39 is 10.0 Å². The van der Waals surface area contributed by atoms with Crippen molar-refractivity contribution in [3.05, 3.63) is 68.7 Å². The highest BCUT2D eigenvalue weighted by atomic mass is 35.5. The van der Waals surface area contributed by atoms with Crippen molar-refractivity contribution in [1.82, 2.24) is 4.72 Å². The monoisotopic (exact) mass is 411 g/mol. The number of aryl methyl sites for hydroxylation is 2. The van der Waals surface area contributed by atoms with Crippen molar-refractivity contribution in [2.24, 2.45) is 0 Å². The summed E-state index contributed by atoms with van der Waals surface area (Å²) in [5.74, 6) is -0.120. The molecule has 0 bridgehead atoms. The van der Waals surface area contributed by atoms with Crippen LogP contribution in [0.4, 0.5) is 0 Å². The molecule has 0 heterocycles. The zero-order chi connectivity index (χ0) is 18.7. The lowest BCUT2D eigenvalue weighted by Crippen LogP contribution is -2.29. The van der Waals surface area contributed by atoms with Crippen molar-refractivity contribution in [3.63, 3.8) is 0 Å². The Labute approximate surface area is 165 Å². The van der Waals surface area contributed by atoms with Gasteiger partial charge in [0.1, 0.15) is 0 Å². The van der Waals surface area contributed by atoms with Crippen molar-refractivity contribution < 1.29 is 8.42 Å². The van der Waals surface area contributed by atoms with E-state index in [9.17, 15) is 8.42 Å². The number of sulfonamides is 1. The minimum Gasteiger partial charge on any atom is -0.212 e. The maximum Gasteiger partial charge on any atom is 0.216 e. The van der Waals surface area contributed by atoms with Gasteiger partial charge >= 0.3 is 0 Å². The molecule has 0 aromatic heterocycles. The predicted octanol–water partition coefficient (Wildman–Crippen LogP) is 5.44. The largest absolute Gasteiger partial charge is 0.216 e. The fourth-order valence-electron chi connectivity index (χ4n) is 3.46. The maximum atomic E-state index is 12.6. The van der Waals surface area contributed by atoms with E-state index in [0.29, 0.717) is 22.0 Å². The normalized spacial score (nSPS) is 15.5. The van der Waals surface area contributed by atoms with Crippen LogP contribution in [0.25, 0.3) is 0 Å². The highest BCUT2D eigenvalue weighted by Gasteiger charge is 2.20. The lowest BCUT2D eigenvalue weighted by molar-refractivity contribution is 0.548. The van der Waals surface area contributed by atoms with Crippen molar-refractivity contribution in [3.8, 4) is 0 Å². The fourth-order valence-corrected chi connectivity index (χ4v) is 5.22. The quantitative estimate of drug-likeness (QED) is 0.687. The van der Waals surface area contributed by atoms with Crippen LogP contribution in [0.15, 0.2) is 36.4 Å². The van der Waals surface area contributed by atoms with Crippen LogP contribution >= 0.6 is 23.2 Å². The third-order valence-electron chi connectivity index (χ3n) is 4.85. The van der Waals surface area contributed by atoms with E-state index in [1.807, 2.05) is 6.92 Å². The average molecular weight is 412 g/mol. The van der Waals surface area contributed by atoms with Crippen LogP contribution in [0.1, 0.15) is 54.5 Å². The standard InChI is InChI=1S/C20H23Cl2NO2S/c1-2-20(17-9-8-15-5-3-4-6-16(15)12-17)23-26(24,25)13-14-7-10-18(21)19(22)11-14/h7-12,20,23H,2-6,13H2,1H3/t20-/m0/s1. The second-order valence-corrected chi connectivity index (χ2v) is 9.39. The number of fused-ring (bicyclic) bond motifs is 1. The highest BCUT2D eigenvalue weighted by molar-refractivity contribution is 7.88. The molecule has 3 nitrogen and oxygen atoms in total. The molecule has 1 N–H and O–H groups in total. The predicted molar refractivity (Wildman–Crippen MR) is 108 cm³/mol. The van der Waals surface area contributed by atoms with Gasteiger partial charge in [0, 0.05) is 6.04 Å². The molecule has 0 saturated heterocycles. The van der Waals surface area contributed by atoms with Gasteiger partial charge < -0.3 is 0 Å². The molecular formula is C20H23Cl2NO2S. The van der Waals surface area contributed by atoms with Gasteiger partial charge in [-0.15, -0.1) is 0 Å². The van der Waals surface area contributed by atoms with E-state index in [1.165, 1.54) is 24.0 Å². The summed E-state index contributed by atoms with van der Waals surface area (Å²) in [6.07, 6.45) is 5.33. The first-order valence-electron chi connectivity index (χ1n) is 8.93. The Morgan fingerprint density at radius 1 is 1.00 bits per heavy atom.